The van der Waals surface area contributed by atoms with Crippen molar-refractivity contribution in [3.63, 3.8) is 0 Å². The minimum absolute atomic E-state index is 0.0156. The first-order valence-electron chi connectivity index (χ1n) is 8.53. The van der Waals surface area contributed by atoms with Gasteiger partial charge < -0.3 is 14.6 Å². The number of carbonyl (C=O) groups excluding carboxylic acids is 2. The van der Waals surface area contributed by atoms with Gasteiger partial charge in [-0.1, -0.05) is 42.0 Å². The zero-order valence-electron chi connectivity index (χ0n) is 14.1. The molecule has 2 aliphatic carbocycles. The van der Waals surface area contributed by atoms with E-state index in [0.29, 0.717) is 0 Å². The summed E-state index contributed by atoms with van der Waals surface area (Å²) in [5.74, 6) is -1.43. The van der Waals surface area contributed by atoms with Crippen molar-refractivity contribution in [3.05, 3.63) is 48.1 Å². The largest absolute Gasteiger partial charge is 0.457 e. The van der Waals surface area contributed by atoms with Gasteiger partial charge in [0, 0.05) is 12.3 Å². The average molecular weight is 328 g/mol. The van der Waals surface area contributed by atoms with E-state index in [9.17, 15) is 14.7 Å². The Hall–Kier alpha value is -1.94. The van der Waals surface area contributed by atoms with Gasteiger partial charge in [0.2, 0.25) is 0 Å². The number of carbonyl (C=O) groups is 2. The monoisotopic (exact) mass is 328 g/mol. The fourth-order valence-electron chi connectivity index (χ4n) is 4.00. The van der Waals surface area contributed by atoms with Gasteiger partial charge in [-0.05, 0) is 32.8 Å². The Morgan fingerprint density at radius 2 is 2.21 bits per heavy atom. The molecule has 4 nitrogen and oxygen atoms in total. The van der Waals surface area contributed by atoms with Crippen LogP contribution in [0.5, 0.6) is 0 Å². The predicted octanol–water partition coefficient (Wildman–Crippen LogP) is 2.89. The van der Waals surface area contributed by atoms with Crippen molar-refractivity contribution in [3.8, 4) is 0 Å². The Morgan fingerprint density at radius 1 is 1.42 bits per heavy atom. The highest BCUT2D eigenvalue weighted by molar-refractivity contribution is 5.80. The predicted molar refractivity (Wildman–Crippen MR) is 91.0 cm³/mol. The molecule has 3 aliphatic rings. The first-order chi connectivity index (χ1) is 11.4. The zero-order valence-corrected chi connectivity index (χ0v) is 14.1. The Balaban J connectivity index is 1.97. The molecule has 1 saturated heterocycles. The summed E-state index contributed by atoms with van der Waals surface area (Å²) in [7, 11) is 0. The van der Waals surface area contributed by atoms with E-state index < -0.39 is 29.5 Å². The third-order valence-corrected chi connectivity index (χ3v) is 5.42. The first kappa shape index (κ1) is 16.9. The molecule has 1 heterocycles. The second kappa shape index (κ2) is 6.52. The lowest BCUT2D eigenvalue weighted by Crippen LogP contribution is -2.57. The third-order valence-electron chi connectivity index (χ3n) is 5.42. The van der Waals surface area contributed by atoms with Crippen molar-refractivity contribution in [1.82, 2.24) is 0 Å². The molecule has 5 unspecified atom stereocenters. The second-order valence-electron chi connectivity index (χ2n) is 7.16. The maximum Gasteiger partial charge on any atom is 0.312 e. The Morgan fingerprint density at radius 3 is 2.88 bits per heavy atom. The van der Waals surface area contributed by atoms with Gasteiger partial charge in [-0.15, -0.1) is 0 Å². The van der Waals surface area contributed by atoms with E-state index in [2.05, 4.69) is 6.08 Å². The third kappa shape index (κ3) is 2.91. The number of ether oxygens (including phenoxy) is 1. The number of allylic oxidation sites excluding steroid dienone is 6. The second-order valence-corrected chi connectivity index (χ2v) is 7.16. The van der Waals surface area contributed by atoms with Crippen molar-refractivity contribution < 1.29 is 19.4 Å². The summed E-state index contributed by atoms with van der Waals surface area (Å²) in [6.45, 7) is 3.43. The van der Waals surface area contributed by atoms with E-state index in [1.807, 2.05) is 37.3 Å². The van der Waals surface area contributed by atoms with Crippen LogP contribution < -0.4 is 0 Å². The summed E-state index contributed by atoms with van der Waals surface area (Å²) in [4.78, 5) is 24.5. The van der Waals surface area contributed by atoms with E-state index in [1.54, 1.807) is 6.08 Å². The van der Waals surface area contributed by atoms with Crippen LogP contribution in [0.15, 0.2) is 48.1 Å². The number of esters is 1. The number of Topliss-reactive ketones (excluding diaryl/α,β-unsaturated/α-hetero) is 1. The van der Waals surface area contributed by atoms with Gasteiger partial charge in [-0.3, -0.25) is 4.79 Å². The number of ketones is 1. The van der Waals surface area contributed by atoms with Crippen LogP contribution in [0, 0.1) is 17.3 Å². The van der Waals surface area contributed by atoms with Crippen LogP contribution in [0.1, 0.15) is 33.1 Å². The number of aliphatic hydroxyl groups excluding tert-OH is 1. The van der Waals surface area contributed by atoms with Gasteiger partial charge in [-0.2, -0.15) is 0 Å². The van der Waals surface area contributed by atoms with E-state index in [4.69, 9.17) is 4.74 Å². The summed E-state index contributed by atoms with van der Waals surface area (Å²) in [5.41, 5.74) is 0.388. The Bertz CT molecular complexity index is 655. The van der Waals surface area contributed by atoms with E-state index >= 15 is 0 Å². The molecule has 5 atom stereocenters. The number of rotatable bonds is 4. The Labute approximate surface area is 142 Å². The summed E-state index contributed by atoms with van der Waals surface area (Å²) >= 11 is 0. The molecule has 0 amide bonds. The molecule has 4 heteroatoms. The van der Waals surface area contributed by atoms with Crippen molar-refractivity contribution in [2.24, 2.45) is 17.3 Å². The van der Waals surface area contributed by atoms with Crippen LogP contribution in [0.3, 0.4) is 0 Å². The van der Waals surface area contributed by atoms with Crippen LogP contribution in [0.4, 0.5) is 0 Å². The van der Waals surface area contributed by atoms with Crippen molar-refractivity contribution in [1.29, 1.82) is 0 Å². The maximum atomic E-state index is 12.7. The highest BCUT2D eigenvalue weighted by Crippen LogP contribution is 2.46. The molecule has 1 fully saturated rings. The van der Waals surface area contributed by atoms with Crippen molar-refractivity contribution in [2.75, 3.05) is 0 Å². The Kier molecular flexibility index (Phi) is 4.59. The lowest BCUT2D eigenvalue weighted by Gasteiger charge is -2.48. The minimum atomic E-state index is -0.888. The molecule has 0 aromatic heterocycles. The summed E-state index contributed by atoms with van der Waals surface area (Å²) in [6, 6.07) is 0. The lowest BCUT2D eigenvalue weighted by molar-refractivity contribution is -0.187. The average Bonchev–Trinajstić information content (AvgIpc) is 2.56. The molecule has 0 aromatic rings. The molecule has 3 rings (SSSR count). The van der Waals surface area contributed by atoms with E-state index in [-0.39, 0.29) is 18.1 Å². The molecule has 1 N–H and O–H groups in total. The maximum absolute atomic E-state index is 12.7. The lowest BCUT2D eigenvalue weighted by atomic mass is 9.64. The highest BCUT2D eigenvalue weighted by Gasteiger charge is 2.54. The first-order valence-corrected chi connectivity index (χ1v) is 8.53. The molecule has 0 aromatic carbocycles. The molecule has 0 spiro atoms. The molecule has 0 saturated carbocycles. The van der Waals surface area contributed by atoms with Crippen LogP contribution in [-0.4, -0.2) is 29.1 Å². The number of hydrogen-bond donors (Lipinski definition) is 1. The van der Waals surface area contributed by atoms with Gasteiger partial charge in [0.05, 0.1) is 17.4 Å². The van der Waals surface area contributed by atoms with Gasteiger partial charge in [-0.25, -0.2) is 0 Å². The topological polar surface area (TPSA) is 63.6 Å². The quantitative estimate of drug-likeness (QED) is 0.806. The van der Waals surface area contributed by atoms with Crippen molar-refractivity contribution in [2.45, 2.75) is 45.3 Å². The number of hydrogen-bond acceptors (Lipinski definition) is 4. The molecule has 128 valence electrons. The summed E-state index contributed by atoms with van der Waals surface area (Å²) < 4.78 is 5.64. The standard InChI is InChI=1S/C20H24O4/c1-13(21)12-15(14-8-4-3-5-9-14)17-18(22)20(2)11-7-6-10-16(20)24-19(17)23/h3-4,6-8,10-11,15-18,22H,5,9,12H2,1-2H3. The fourth-order valence-corrected chi connectivity index (χ4v) is 4.00. The van der Waals surface area contributed by atoms with Gasteiger partial charge in [0.25, 0.3) is 0 Å². The molecular weight excluding hydrogens is 304 g/mol. The zero-order chi connectivity index (χ0) is 17.3. The van der Waals surface area contributed by atoms with Crippen LogP contribution in [0.2, 0.25) is 0 Å². The normalized spacial score (nSPS) is 35.9. The SMILES string of the molecule is CC(=O)CC(C1=CC=CCC1)C1C(=O)OC2C=CC=CC2(C)C1O. The van der Waals surface area contributed by atoms with Crippen molar-refractivity contribution >= 4 is 11.8 Å². The number of fused-ring (bicyclic) bond motifs is 1. The highest BCUT2D eigenvalue weighted by atomic mass is 16.5. The van der Waals surface area contributed by atoms with Gasteiger partial charge in [0.15, 0.2) is 0 Å². The molecule has 0 radical (unpaired) electrons. The molecule has 24 heavy (non-hydrogen) atoms. The van der Waals surface area contributed by atoms with E-state index in [0.717, 1.165) is 18.4 Å². The molecule has 1 aliphatic heterocycles. The van der Waals surface area contributed by atoms with E-state index in [1.165, 1.54) is 6.92 Å². The number of aliphatic hydroxyl groups is 1. The van der Waals surface area contributed by atoms with Crippen LogP contribution in [0.25, 0.3) is 0 Å². The minimum Gasteiger partial charge on any atom is -0.457 e. The van der Waals surface area contributed by atoms with Gasteiger partial charge >= 0.3 is 5.97 Å². The van der Waals surface area contributed by atoms with Crippen LogP contribution in [-0.2, 0) is 14.3 Å². The summed E-state index contributed by atoms with van der Waals surface area (Å²) in [5, 5.41) is 11.1. The van der Waals surface area contributed by atoms with Crippen LogP contribution >= 0.6 is 0 Å². The smallest absolute Gasteiger partial charge is 0.312 e. The molecular formula is C20H24O4. The fraction of sp³-hybridized carbons (Fsp3) is 0.500. The molecule has 0 bridgehead atoms. The summed E-state index contributed by atoms with van der Waals surface area (Å²) in [6.07, 6.45) is 14.0. The van der Waals surface area contributed by atoms with Gasteiger partial charge in [0.1, 0.15) is 11.9 Å².